The number of carbonyl (C=O) groups excluding carboxylic acids is 1. The third-order valence-electron chi connectivity index (χ3n) is 4.78. The lowest BCUT2D eigenvalue weighted by Crippen LogP contribution is -2.31. The minimum atomic E-state index is -1.42. The predicted octanol–water partition coefficient (Wildman–Crippen LogP) is 3.75. The Bertz CT molecular complexity index is 958. The van der Waals surface area contributed by atoms with Gasteiger partial charge in [0.25, 0.3) is 12.2 Å². The molecular weight excluding hydrogens is 426 g/mol. The normalized spacial score (nSPS) is 11.5. The average Bonchev–Trinajstić information content (AvgIpc) is 2.79. The van der Waals surface area contributed by atoms with Crippen LogP contribution in [0.15, 0.2) is 49.1 Å². The number of para-hydroxylation sites is 1. The minimum Gasteiger partial charge on any atom is -0.495 e. The Labute approximate surface area is 193 Å². The summed E-state index contributed by atoms with van der Waals surface area (Å²) < 4.78 is 22.3. The second-order valence-electron chi connectivity index (χ2n) is 7.20. The number of carboxylic acids is 1. The molecule has 2 aromatic rings. The molecule has 0 aliphatic rings. The number of carbonyl (C=O) groups is 2. The molecule has 0 aliphatic carbocycles. The molecule has 0 fully saturated rings. The molecule has 8 nitrogen and oxygen atoms in total. The molecule has 1 atom stereocenters. The van der Waals surface area contributed by atoms with E-state index in [4.69, 9.17) is 24.7 Å². The van der Waals surface area contributed by atoms with Gasteiger partial charge in [-0.05, 0) is 36.6 Å². The summed E-state index contributed by atoms with van der Waals surface area (Å²) in [6.07, 6.45) is 2.77. The highest BCUT2D eigenvalue weighted by Crippen LogP contribution is 2.33. The Hall–Kier alpha value is -3.52. The van der Waals surface area contributed by atoms with E-state index >= 15 is 0 Å². The highest BCUT2D eigenvalue weighted by molar-refractivity contribution is 5.96. The summed E-state index contributed by atoms with van der Waals surface area (Å²) in [6, 6.07) is 10.5. The first kappa shape index (κ1) is 25.7. The molecule has 2 rings (SSSR count). The molecule has 2 aromatic carbocycles. The van der Waals surface area contributed by atoms with Crippen molar-refractivity contribution >= 4 is 11.9 Å². The van der Waals surface area contributed by atoms with Crippen LogP contribution in [0.4, 0.5) is 0 Å². The average molecular weight is 458 g/mol. The van der Waals surface area contributed by atoms with Gasteiger partial charge in [0.05, 0.1) is 25.9 Å². The number of amides is 1. The van der Waals surface area contributed by atoms with Crippen LogP contribution in [0.3, 0.4) is 0 Å². The molecule has 178 valence electrons. The van der Waals surface area contributed by atoms with E-state index in [9.17, 15) is 14.7 Å². The minimum absolute atomic E-state index is 0.111. The number of primary amides is 1. The van der Waals surface area contributed by atoms with Gasteiger partial charge in [-0.1, -0.05) is 37.6 Å². The van der Waals surface area contributed by atoms with Gasteiger partial charge in [0.2, 0.25) is 0 Å². The van der Waals surface area contributed by atoms with Crippen LogP contribution < -0.4 is 19.9 Å². The van der Waals surface area contributed by atoms with E-state index in [-0.39, 0.29) is 18.8 Å². The van der Waals surface area contributed by atoms with Gasteiger partial charge in [0.1, 0.15) is 17.2 Å². The third kappa shape index (κ3) is 7.25. The maximum absolute atomic E-state index is 11.7. The summed E-state index contributed by atoms with van der Waals surface area (Å²) in [6.45, 7) is 6.13. The van der Waals surface area contributed by atoms with Gasteiger partial charge in [0, 0.05) is 12.0 Å². The molecule has 0 radical (unpaired) electrons. The summed E-state index contributed by atoms with van der Waals surface area (Å²) in [5.41, 5.74) is 7.26. The molecule has 0 aliphatic heterocycles. The second-order valence-corrected chi connectivity index (χ2v) is 7.20. The van der Waals surface area contributed by atoms with Gasteiger partial charge >= 0.3 is 5.97 Å². The fourth-order valence-corrected chi connectivity index (χ4v) is 3.31. The van der Waals surface area contributed by atoms with Crippen molar-refractivity contribution in [2.24, 2.45) is 5.73 Å². The van der Waals surface area contributed by atoms with Crippen molar-refractivity contribution in [3.63, 3.8) is 0 Å². The lowest BCUT2D eigenvalue weighted by Gasteiger charge is -2.18. The van der Waals surface area contributed by atoms with E-state index < -0.39 is 18.2 Å². The van der Waals surface area contributed by atoms with Crippen molar-refractivity contribution in [2.45, 2.75) is 38.9 Å². The number of aliphatic carboxylic acids is 1. The monoisotopic (exact) mass is 457 g/mol. The van der Waals surface area contributed by atoms with Crippen molar-refractivity contribution in [1.29, 1.82) is 0 Å². The summed E-state index contributed by atoms with van der Waals surface area (Å²) in [7, 11) is 1.46. The fourth-order valence-electron chi connectivity index (χ4n) is 3.31. The largest absolute Gasteiger partial charge is 0.495 e. The zero-order valence-corrected chi connectivity index (χ0v) is 19.0. The molecule has 1 amide bonds. The summed E-state index contributed by atoms with van der Waals surface area (Å²) >= 11 is 0. The number of carboxylic acid groups (broad SMARTS) is 1. The molecular formula is C25H31NO7. The lowest BCUT2D eigenvalue weighted by atomic mass is 10.0. The predicted molar refractivity (Wildman–Crippen MR) is 124 cm³/mol. The van der Waals surface area contributed by atoms with Gasteiger partial charge in [-0.3, -0.25) is 4.79 Å². The number of hydrogen-bond donors (Lipinski definition) is 2. The van der Waals surface area contributed by atoms with Crippen molar-refractivity contribution in [1.82, 2.24) is 0 Å². The van der Waals surface area contributed by atoms with E-state index in [1.54, 1.807) is 30.3 Å². The first-order valence-corrected chi connectivity index (χ1v) is 10.7. The third-order valence-corrected chi connectivity index (χ3v) is 4.78. The van der Waals surface area contributed by atoms with Crippen molar-refractivity contribution in [3.05, 3.63) is 65.7 Å². The number of nitrogens with two attached hydrogens (primary N) is 1. The zero-order chi connectivity index (χ0) is 24.2. The molecule has 3 N–H and O–H groups in total. The fraction of sp³-hybridized carbons (Fsp3) is 0.360. The summed E-state index contributed by atoms with van der Waals surface area (Å²) in [5, 5.41) is 9.47. The Balaban J connectivity index is 1.96. The summed E-state index contributed by atoms with van der Waals surface area (Å²) in [4.78, 5) is 23.2. The molecule has 0 bridgehead atoms. The lowest BCUT2D eigenvalue weighted by molar-refractivity contribution is -0.171. The Morgan fingerprint density at radius 2 is 1.91 bits per heavy atom. The van der Waals surface area contributed by atoms with E-state index in [1.807, 2.05) is 19.1 Å². The number of methoxy groups -OCH3 is 1. The van der Waals surface area contributed by atoms with Crippen LogP contribution in [0.1, 0.15) is 41.3 Å². The number of ether oxygens (including phenoxy) is 4. The highest BCUT2D eigenvalue weighted by Gasteiger charge is 2.21. The smallest absolute Gasteiger partial charge is 0.373 e. The maximum atomic E-state index is 11.7. The standard InChI is InChI=1S/C25H31NO7/c1-4-9-17-11-6-7-12-20(17)33-25(24(28)29)32-16-8-15-31-21-14-13-19(23(26)27)22(30-3)18(21)10-5-2/h5-7,11-14,25H,2,4,8-10,15-16H2,1,3H3,(H2,26,27)(H,28,29). The van der Waals surface area contributed by atoms with Gasteiger partial charge in [-0.15, -0.1) is 6.58 Å². The molecule has 0 saturated heterocycles. The molecule has 0 heterocycles. The molecule has 8 heteroatoms. The molecule has 33 heavy (non-hydrogen) atoms. The van der Waals surface area contributed by atoms with Crippen LogP contribution in [0.2, 0.25) is 0 Å². The van der Waals surface area contributed by atoms with Crippen LogP contribution in [0, 0.1) is 0 Å². The number of aryl methyl sites for hydroxylation is 1. The van der Waals surface area contributed by atoms with Gasteiger partial charge in [-0.2, -0.15) is 0 Å². The van der Waals surface area contributed by atoms with Crippen LogP contribution in [0.5, 0.6) is 17.2 Å². The first-order chi connectivity index (χ1) is 15.9. The summed E-state index contributed by atoms with van der Waals surface area (Å²) in [5.74, 6) is -0.434. The molecule has 1 unspecified atom stereocenters. The Morgan fingerprint density at radius 3 is 2.55 bits per heavy atom. The van der Waals surface area contributed by atoms with E-state index in [1.165, 1.54) is 7.11 Å². The maximum Gasteiger partial charge on any atom is 0.373 e. The van der Waals surface area contributed by atoms with Gasteiger partial charge in [-0.25, -0.2) is 4.79 Å². The van der Waals surface area contributed by atoms with Crippen LogP contribution in [-0.2, 0) is 22.4 Å². The van der Waals surface area contributed by atoms with Gasteiger partial charge in [0.15, 0.2) is 0 Å². The van der Waals surface area contributed by atoms with Crippen molar-refractivity contribution in [3.8, 4) is 17.2 Å². The number of benzene rings is 2. The second kappa shape index (κ2) is 13.1. The number of hydrogen-bond acceptors (Lipinski definition) is 6. The Kier molecular flexibility index (Phi) is 10.2. The van der Waals surface area contributed by atoms with Crippen LogP contribution in [0.25, 0.3) is 0 Å². The van der Waals surface area contributed by atoms with E-state index in [2.05, 4.69) is 6.58 Å². The molecule has 0 aromatic heterocycles. The van der Waals surface area contributed by atoms with Crippen LogP contribution in [-0.4, -0.2) is 43.6 Å². The van der Waals surface area contributed by atoms with Crippen molar-refractivity contribution < 1.29 is 33.6 Å². The quantitative estimate of drug-likeness (QED) is 0.238. The van der Waals surface area contributed by atoms with Gasteiger partial charge < -0.3 is 29.8 Å². The molecule has 0 saturated carbocycles. The molecule has 0 spiro atoms. The highest BCUT2D eigenvalue weighted by atomic mass is 16.7. The Morgan fingerprint density at radius 1 is 1.15 bits per heavy atom. The SMILES string of the molecule is C=CCc1c(OCCCOC(Oc2ccccc2CCC)C(=O)O)ccc(C(N)=O)c1OC. The van der Waals surface area contributed by atoms with Crippen LogP contribution >= 0.6 is 0 Å². The van der Waals surface area contributed by atoms with E-state index in [0.29, 0.717) is 35.7 Å². The van der Waals surface area contributed by atoms with E-state index in [0.717, 1.165) is 18.4 Å². The number of allylic oxidation sites excluding steroid dienone is 1. The van der Waals surface area contributed by atoms with Crippen molar-refractivity contribution in [2.75, 3.05) is 20.3 Å². The zero-order valence-electron chi connectivity index (χ0n) is 19.0. The first-order valence-electron chi connectivity index (χ1n) is 10.7. The number of rotatable bonds is 15. The topological polar surface area (TPSA) is 117 Å².